The van der Waals surface area contributed by atoms with E-state index in [0.717, 1.165) is 5.92 Å². The summed E-state index contributed by atoms with van der Waals surface area (Å²) in [6.07, 6.45) is 3.76. The van der Waals surface area contributed by atoms with Crippen LogP contribution in [0.1, 0.15) is 58.4 Å². The van der Waals surface area contributed by atoms with Crippen molar-refractivity contribution in [3.05, 3.63) is 35.9 Å². The van der Waals surface area contributed by atoms with Gasteiger partial charge in [-0.2, -0.15) is 0 Å². The zero-order chi connectivity index (χ0) is 14.3. The van der Waals surface area contributed by atoms with E-state index in [1.165, 1.54) is 24.8 Å². The average Bonchev–Trinajstić information content (AvgIpc) is 2.46. The molecule has 0 aliphatic carbocycles. The third-order valence-electron chi connectivity index (χ3n) is 4.60. The van der Waals surface area contributed by atoms with Gasteiger partial charge in [-0.1, -0.05) is 70.9 Å². The van der Waals surface area contributed by atoms with E-state index in [2.05, 4.69) is 70.4 Å². The molecule has 108 valence electrons. The Balaban J connectivity index is 2.94. The summed E-state index contributed by atoms with van der Waals surface area (Å²) in [5.41, 5.74) is 1.49. The maximum atomic E-state index is 3.58. The van der Waals surface area contributed by atoms with E-state index in [0.29, 0.717) is 17.9 Å². The lowest BCUT2D eigenvalue weighted by molar-refractivity contribution is 0.300. The van der Waals surface area contributed by atoms with Crippen molar-refractivity contribution < 1.29 is 0 Å². The molecule has 0 fully saturated rings. The summed E-state index contributed by atoms with van der Waals surface area (Å²) in [6.45, 7) is 9.34. The van der Waals surface area contributed by atoms with Crippen molar-refractivity contribution in [1.82, 2.24) is 5.32 Å². The quantitative estimate of drug-likeness (QED) is 0.706. The minimum atomic E-state index is 0.576. The van der Waals surface area contributed by atoms with Gasteiger partial charge in [-0.15, -0.1) is 0 Å². The van der Waals surface area contributed by atoms with Crippen molar-refractivity contribution in [2.75, 3.05) is 7.05 Å². The van der Waals surface area contributed by atoms with Crippen LogP contribution in [0.2, 0.25) is 0 Å². The molecule has 4 atom stereocenters. The van der Waals surface area contributed by atoms with Crippen molar-refractivity contribution in [1.29, 1.82) is 0 Å². The summed E-state index contributed by atoms with van der Waals surface area (Å²) in [4.78, 5) is 0. The predicted molar refractivity (Wildman–Crippen MR) is 85.6 cm³/mol. The van der Waals surface area contributed by atoms with E-state index in [1.807, 2.05) is 0 Å². The van der Waals surface area contributed by atoms with Gasteiger partial charge in [0.05, 0.1) is 0 Å². The first-order chi connectivity index (χ1) is 9.13. The van der Waals surface area contributed by atoms with Gasteiger partial charge in [-0.05, 0) is 30.9 Å². The third-order valence-corrected chi connectivity index (χ3v) is 4.60. The Kier molecular flexibility index (Phi) is 7.15. The van der Waals surface area contributed by atoms with E-state index in [4.69, 9.17) is 0 Å². The predicted octanol–water partition coefficient (Wildman–Crippen LogP) is 4.84. The van der Waals surface area contributed by atoms with Crippen LogP contribution in [0.15, 0.2) is 30.3 Å². The molecular weight excluding hydrogens is 230 g/mol. The molecule has 0 saturated carbocycles. The SMILES string of the molecule is CCC(C)CC(NC)C(c1ccccc1)C(C)CC. The maximum absolute atomic E-state index is 3.58. The average molecular weight is 261 g/mol. The fourth-order valence-corrected chi connectivity index (χ4v) is 2.93. The van der Waals surface area contributed by atoms with Crippen LogP contribution in [0.4, 0.5) is 0 Å². The second-order valence-electron chi connectivity index (χ2n) is 5.97. The molecule has 0 amide bonds. The van der Waals surface area contributed by atoms with Crippen molar-refractivity contribution in [3.63, 3.8) is 0 Å². The summed E-state index contributed by atoms with van der Waals surface area (Å²) in [5, 5.41) is 3.58. The maximum Gasteiger partial charge on any atom is 0.0138 e. The Morgan fingerprint density at radius 1 is 1.00 bits per heavy atom. The zero-order valence-electron chi connectivity index (χ0n) is 13.3. The Bertz CT molecular complexity index is 333. The van der Waals surface area contributed by atoms with Crippen LogP contribution in [-0.2, 0) is 0 Å². The van der Waals surface area contributed by atoms with Gasteiger partial charge in [0.15, 0.2) is 0 Å². The van der Waals surface area contributed by atoms with Crippen LogP contribution in [0.25, 0.3) is 0 Å². The summed E-state index contributed by atoms with van der Waals surface area (Å²) in [6, 6.07) is 11.6. The summed E-state index contributed by atoms with van der Waals surface area (Å²) in [5.74, 6) is 2.11. The molecule has 0 aliphatic rings. The molecule has 4 unspecified atom stereocenters. The molecule has 1 rings (SSSR count). The summed E-state index contributed by atoms with van der Waals surface area (Å²) in [7, 11) is 2.12. The summed E-state index contributed by atoms with van der Waals surface area (Å²) < 4.78 is 0. The minimum Gasteiger partial charge on any atom is -0.316 e. The van der Waals surface area contributed by atoms with E-state index >= 15 is 0 Å². The number of benzene rings is 1. The molecule has 0 aromatic heterocycles. The molecular formula is C18H31N. The largest absolute Gasteiger partial charge is 0.316 e. The van der Waals surface area contributed by atoms with Gasteiger partial charge in [0.25, 0.3) is 0 Å². The Labute approximate surface area is 119 Å². The topological polar surface area (TPSA) is 12.0 Å². The smallest absolute Gasteiger partial charge is 0.0138 e. The second kappa shape index (κ2) is 8.37. The minimum absolute atomic E-state index is 0.576. The van der Waals surface area contributed by atoms with Crippen molar-refractivity contribution in [2.24, 2.45) is 11.8 Å². The number of likely N-dealkylation sites (N-methyl/N-ethyl adjacent to an activating group) is 1. The fourth-order valence-electron chi connectivity index (χ4n) is 2.93. The first-order valence-electron chi connectivity index (χ1n) is 7.86. The van der Waals surface area contributed by atoms with Crippen LogP contribution < -0.4 is 5.32 Å². The lowest BCUT2D eigenvalue weighted by Gasteiger charge is -2.33. The zero-order valence-corrected chi connectivity index (χ0v) is 13.3. The standard InChI is InChI=1S/C18H31N/c1-6-14(3)13-17(19-5)18(15(4)7-2)16-11-9-8-10-12-16/h8-12,14-15,17-19H,6-7,13H2,1-5H3. The highest BCUT2D eigenvalue weighted by molar-refractivity contribution is 5.22. The summed E-state index contributed by atoms with van der Waals surface area (Å²) >= 11 is 0. The van der Waals surface area contributed by atoms with E-state index < -0.39 is 0 Å². The number of rotatable bonds is 8. The monoisotopic (exact) mass is 261 g/mol. The van der Waals surface area contributed by atoms with Crippen LogP contribution >= 0.6 is 0 Å². The number of hydrogen-bond donors (Lipinski definition) is 1. The molecule has 1 aromatic rings. The molecule has 0 spiro atoms. The highest BCUT2D eigenvalue weighted by atomic mass is 14.9. The number of nitrogens with one attached hydrogen (secondary N) is 1. The first-order valence-corrected chi connectivity index (χ1v) is 7.86. The lowest BCUT2D eigenvalue weighted by atomic mass is 9.77. The van der Waals surface area contributed by atoms with Crippen LogP contribution in [0, 0.1) is 11.8 Å². The number of hydrogen-bond acceptors (Lipinski definition) is 1. The van der Waals surface area contributed by atoms with Crippen molar-refractivity contribution >= 4 is 0 Å². The highest BCUT2D eigenvalue weighted by Gasteiger charge is 2.27. The van der Waals surface area contributed by atoms with Crippen molar-refractivity contribution in [3.8, 4) is 0 Å². The van der Waals surface area contributed by atoms with Gasteiger partial charge in [0, 0.05) is 12.0 Å². The molecule has 1 heteroatoms. The molecule has 1 aromatic carbocycles. The molecule has 0 bridgehead atoms. The molecule has 0 saturated heterocycles. The van der Waals surface area contributed by atoms with Gasteiger partial charge in [-0.25, -0.2) is 0 Å². The lowest BCUT2D eigenvalue weighted by Crippen LogP contribution is -2.36. The van der Waals surface area contributed by atoms with Gasteiger partial charge < -0.3 is 5.32 Å². The molecule has 0 heterocycles. The van der Waals surface area contributed by atoms with Crippen LogP contribution in [-0.4, -0.2) is 13.1 Å². The Morgan fingerprint density at radius 3 is 2.11 bits per heavy atom. The van der Waals surface area contributed by atoms with Gasteiger partial charge in [-0.3, -0.25) is 0 Å². The van der Waals surface area contributed by atoms with Gasteiger partial charge in [0.1, 0.15) is 0 Å². The molecule has 19 heavy (non-hydrogen) atoms. The van der Waals surface area contributed by atoms with E-state index in [9.17, 15) is 0 Å². The second-order valence-corrected chi connectivity index (χ2v) is 5.97. The highest BCUT2D eigenvalue weighted by Crippen LogP contribution is 2.33. The molecule has 1 N–H and O–H groups in total. The van der Waals surface area contributed by atoms with E-state index in [1.54, 1.807) is 0 Å². The molecule has 0 radical (unpaired) electrons. The van der Waals surface area contributed by atoms with Crippen LogP contribution in [0.3, 0.4) is 0 Å². The van der Waals surface area contributed by atoms with Gasteiger partial charge >= 0.3 is 0 Å². The normalized spacial score (nSPS) is 17.7. The van der Waals surface area contributed by atoms with Crippen LogP contribution in [0.5, 0.6) is 0 Å². The first kappa shape index (κ1) is 16.2. The third kappa shape index (κ3) is 4.65. The van der Waals surface area contributed by atoms with Gasteiger partial charge in [0.2, 0.25) is 0 Å². The fraction of sp³-hybridized carbons (Fsp3) is 0.667. The Morgan fingerprint density at radius 2 is 1.63 bits per heavy atom. The molecule has 0 aliphatic heterocycles. The van der Waals surface area contributed by atoms with Crippen molar-refractivity contribution in [2.45, 2.75) is 58.9 Å². The van der Waals surface area contributed by atoms with E-state index in [-0.39, 0.29) is 0 Å². The Hall–Kier alpha value is -0.820. The molecule has 1 nitrogen and oxygen atoms in total.